The number of aliphatic hydroxyl groups is 7. The largest absolute Gasteiger partial charge is 0.457 e. The van der Waals surface area contributed by atoms with E-state index in [2.05, 4.69) is 98.9 Å². The lowest BCUT2D eigenvalue weighted by atomic mass is 9.98. The van der Waals surface area contributed by atoms with E-state index in [1.54, 1.807) is 0 Å². The zero-order valence-electron chi connectivity index (χ0n) is 49.1. The second-order valence-corrected chi connectivity index (χ2v) is 21.5. The van der Waals surface area contributed by atoms with Crippen LogP contribution in [0.25, 0.3) is 0 Å². The highest BCUT2D eigenvalue weighted by Gasteiger charge is 2.47. The fraction of sp³-hybridized carbons (Fsp3) is 0.769. The summed E-state index contributed by atoms with van der Waals surface area (Å²) in [5, 5.41) is 72.5. The molecule has 7 N–H and O–H groups in total. The van der Waals surface area contributed by atoms with Gasteiger partial charge in [-0.3, -0.25) is 4.79 Å². The summed E-state index contributed by atoms with van der Waals surface area (Å²) in [6.45, 7) is 3.53. The van der Waals surface area contributed by atoms with Crippen LogP contribution in [0.2, 0.25) is 0 Å². The Labute approximate surface area is 478 Å². The molecular formula is C65H112O14. The molecule has 0 bridgehead atoms. The third kappa shape index (κ3) is 37.1. The average molecular weight is 1120 g/mol. The zero-order valence-corrected chi connectivity index (χ0v) is 49.1. The molecule has 14 heteroatoms. The summed E-state index contributed by atoms with van der Waals surface area (Å²) in [7, 11) is 0. The van der Waals surface area contributed by atoms with Gasteiger partial charge in [0.15, 0.2) is 12.6 Å². The van der Waals surface area contributed by atoms with Crippen molar-refractivity contribution in [1.29, 1.82) is 0 Å². The molecular weight excluding hydrogens is 1000 g/mol. The van der Waals surface area contributed by atoms with Gasteiger partial charge in [-0.1, -0.05) is 227 Å². The number of carbonyl (C=O) groups excluding carboxylic acids is 1. The van der Waals surface area contributed by atoms with Crippen LogP contribution in [0.1, 0.15) is 219 Å². The molecule has 0 aromatic heterocycles. The van der Waals surface area contributed by atoms with E-state index in [4.69, 9.17) is 28.4 Å². The van der Waals surface area contributed by atoms with Gasteiger partial charge in [-0.15, -0.1) is 0 Å². The lowest BCUT2D eigenvalue weighted by Crippen LogP contribution is -2.61. The number of aliphatic hydroxyl groups excluding tert-OH is 7. The van der Waals surface area contributed by atoms with E-state index in [1.165, 1.54) is 96.3 Å². The first-order valence-corrected chi connectivity index (χ1v) is 31.2. The van der Waals surface area contributed by atoms with Crippen LogP contribution < -0.4 is 0 Å². The van der Waals surface area contributed by atoms with Gasteiger partial charge in [-0.2, -0.15) is 0 Å². The van der Waals surface area contributed by atoms with Crippen molar-refractivity contribution in [3.63, 3.8) is 0 Å². The van der Waals surface area contributed by atoms with E-state index >= 15 is 0 Å². The van der Waals surface area contributed by atoms with Crippen LogP contribution in [0.4, 0.5) is 0 Å². The van der Waals surface area contributed by atoms with Crippen molar-refractivity contribution >= 4 is 5.97 Å². The fourth-order valence-corrected chi connectivity index (χ4v) is 9.44. The summed E-state index contributed by atoms with van der Waals surface area (Å²) in [5.74, 6) is -0.385. The number of rotatable bonds is 50. The molecule has 79 heavy (non-hydrogen) atoms. The van der Waals surface area contributed by atoms with E-state index in [1.807, 2.05) is 0 Å². The van der Waals surface area contributed by atoms with Gasteiger partial charge >= 0.3 is 5.97 Å². The van der Waals surface area contributed by atoms with Crippen LogP contribution in [0.5, 0.6) is 0 Å². The van der Waals surface area contributed by atoms with Crippen molar-refractivity contribution < 1.29 is 69.0 Å². The highest BCUT2D eigenvalue weighted by atomic mass is 16.7. The fourth-order valence-electron chi connectivity index (χ4n) is 9.44. The Morgan fingerprint density at radius 1 is 0.430 bits per heavy atom. The Bertz CT molecular complexity index is 1630. The maximum absolute atomic E-state index is 13.1. The van der Waals surface area contributed by atoms with Gasteiger partial charge in [-0.25, -0.2) is 0 Å². The Morgan fingerprint density at radius 2 is 0.823 bits per heavy atom. The molecule has 2 saturated heterocycles. The number of hydrogen-bond acceptors (Lipinski definition) is 14. The first-order valence-electron chi connectivity index (χ1n) is 31.2. The summed E-state index contributed by atoms with van der Waals surface area (Å²) in [5.41, 5.74) is 0. The summed E-state index contributed by atoms with van der Waals surface area (Å²) in [6.07, 6.45) is 50.7. The number of allylic oxidation sites excluding steroid dienone is 14. The molecule has 2 fully saturated rings. The molecule has 0 aromatic rings. The van der Waals surface area contributed by atoms with Gasteiger partial charge in [0, 0.05) is 13.0 Å². The highest BCUT2D eigenvalue weighted by molar-refractivity contribution is 5.69. The van der Waals surface area contributed by atoms with Gasteiger partial charge in [0.25, 0.3) is 0 Å². The van der Waals surface area contributed by atoms with Crippen LogP contribution in [0.15, 0.2) is 85.1 Å². The van der Waals surface area contributed by atoms with E-state index in [-0.39, 0.29) is 25.6 Å². The average Bonchev–Trinajstić information content (AvgIpc) is 3.46. The van der Waals surface area contributed by atoms with Gasteiger partial charge in [0.1, 0.15) is 54.9 Å². The van der Waals surface area contributed by atoms with Gasteiger partial charge in [0.2, 0.25) is 0 Å². The smallest absolute Gasteiger partial charge is 0.306 e. The Balaban J connectivity index is 1.71. The van der Waals surface area contributed by atoms with Crippen LogP contribution in [0, 0.1) is 0 Å². The summed E-state index contributed by atoms with van der Waals surface area (Å²) in [4.78, 5) is 13.1. The normalized spacial score (nSPS) is 24.6. The van der Waals surface area contributed by atoms with Crippen LogP contribution in [-0.4, -0.2) is 142 Å². The van der Waals surface area contributed by atoms with Crippen LogP contribution in [0.3, 0.4) is 0 Å². The van der Waals surface area contributed by atoms with Crippen LogP contribution >= 0.6 is 0 Å². The molecule has 0 radical (unpaired) electrons. The van der Waals surface area contributed by atoms with Crippen molar-refractivity contribution in [3.05, 3.63) is 85.1 Å². The van der Waals surface area contributed by atoms with Crippen molar-refractivity contribution in [3.8, 4) is 0 Å². The maximum Gasteiger partial charge on any atom is 0.306 e. The Hall–Kier alpha value is -2.83. The first kappa shape index (κ1) is 72.3. The maximum atomic E-state index is 13.1. The second kappa shape index (κ2) is 50.9. The molecule has 0 aliphatic carbocycles. The molecule has 0 saturated carbocycles. The minimum absolute atomic E-state index is 0.0416. The minimum atomic E-state index is -1.72. The molecule has 2 aliphatic rings. The van der Waals surface area contributed by atoms with Gasteiger partial charge < -0.3 is 64.2 Å². The molecule has 2 rings (SSSR count). The Morgan fingerprint density at radius 3 is 1.29 bits per heavy atom. The first-order chi connectivity index (χ1) is 38.6. The molecule has 11 atom stereocenters. The van der Waals surface area contributed by atoms with E-state index in [0.29, 0.717) is 13.0 Å². The third-order valence-electron chi connectivity index (χ3n) is 14.4. The summed E-state index contributed by atoms with van der Waals surface area (Å²) in [6, 6.07) is 0. The lowest BCUT2D eigenvalue weighted by molar-refractivity contribution is -0.332. The van der Waals surface area contributed by atoms with E-state index in [9.17, 15) is 40.5 Å². The number of ether oxygens (including phenoxy) is 6. The van der Waals surface area contributed by atoms with Crippen molar-refractivity contribution in [2.24, 2.45) is 0 Å². The number of carbonyl (C=O) groups is 1. The predicted molar refractivity (Wildman–Crippen MR) is 316 cm³/mol. The molecule has 2 heterocycles. The number of unbranched alkanes of at least 4 members (excludes halogenated alkanes) is 22. The summed E-state index contributed by atoms with van der Waals surface area (Å²) < 4.78 is 34.4. The van der Waals surface area contributed by atoms with Crippen molar-refractivity contribution in [2.75, 3.05) is 33.0 Å². The number of esters is 1. The molecule has 456 valence electrons. The lowest BCUT2D eigenvalue weighted by Gasteiger charge is -2.42. The molecule has 11 unspecified atom stereocenters. The van der Waals surface area contributed by atoms with Gasteiger partial charge in [0.05, 0.1) is 26.4 Å². The zero-order chi connectivity index (χ0) is 57.2. The van der Waals surface area contributed by atoms with Crippen LogP contribution in [-0.2, 0) is 33.2 Å². The Kier molecular flexibility index (Phi) is 46.5. The number of hydrogen-bond donors (Lipinski definition) is 7. The molecule has 14 nitrogen and oxygen atoms in total. The quantitative estimate of drug-likeness (QED) is 0.0172. The second-order valence-electron chi connectivity index (χ2n) is 21.5. The van der Waals surface area contributed by atoms with E-state index < -0.39 is 80.7 Å². The van der Waals surface area contributed by atoms with E-state index in [0.717, 1.165) is 96.3 Å². The van der Waals surface area contributed by atoms with Gasteiger partial charge in [-0.05, 0) is 70.6 Å². The predicted octanol–water partition coefficient (Wildman–Crippen LogP) is 12.0. The van der Waals surface area contributed by atoms with Crippen molar-refractivity contribution in [1.82, 2.24) is 0 Å². The summed E-state index contributed by atoms with van der Waals surface area (Å²) >= 11 is 0. The molecule has 2 aliphatic heterocycles. The standard InChI is InChI=1S/C65H112O14/c1-3-5-7-9-11-13-15-17-19-21-23-24-25-26-27-28-29-31-33-35-37-39-41-43-45-47-49-74-51-54(77-57(67)48-46-44-42-40-38-36-34-32-30-22-20-18-16-14-12-10-8-6-4-2)52-75-64-63(73)61(71)59(69)56(79-64)53-76-65-62(72)60(70)58(68)55(50-66)78-65/h5,7,11,13,17,19,23-24,26-27,29,31,35,37,54-56,58-66,68-73H,3-4,6,8-10,12,14-16,18,20-22,25,28,30,32-34,36,38-53H2,1-2H3/b7-5-,13-11-,19-17-,24-23-,27-26-,31-29-,37-35-. The molecule has 0 spiro atoms. The molecule has 0 aromatic carbocycles. The highest BCUT2D eigenvalue weighted by Crippen LogP contribution is 2.27. The topological polar surface area (TPSA) is 214 Å². The third-order valence-corrected chi connectivity index (χ3v) is 14.4. The molecule has 0 amide bonds. The van der Waals surface area contributed by atoms with Crippen molar-refractivity contribution in [2.45, 2.75) is 287 Å². The monoisotopic (exact) mass is 1120 g/mol. The minimum Gasteiger partial charge on any atom is -0.457 e. The SMILES string of the molecule is CC/C=C\C/C=C\C/C=C\C/C=C\C/C=C\C/C=C\C/C=C\CCCCCCOCC(COC1OC(COC2OC(CO)C(O)C(O)C2O)C(O)C(O)C1O)OC(=O)CCCCCCCCCCCCCCCCCCCCC.